The van der Waals surface area contributed by atoms with Crippen molar-refractivity contribution in [2.24, 2.45) is 5.73 Å². The Labute approximate surface area is 174 Å². The maximum atomic E-state index is 6.57. The number of hydrogen-bond acceptors (Lipinski definition) is 7. The molecule has 154 valence electrons. The van der Waals surface area contributed by atoms with Gasteiger partial charge in [-0.1, -0.05) is 30.3 Å². The van der Waals surface area contributed by atoms with Crippen molar-refractivity contribution in [3.05, 3.63) is 54.6 Å². The lowest BCUT2D eigenvalue weighted by atomic mass is 10.0. The second kappa shape index (κ2) is 7.23. The van der Waals surface area contributed by atoms with E-state index in [9.17, 15) is 0 Å². The summed E-state index contributed by atoms with van der Waals surface area (Å²) in [6.07, 6.45) is 4.15. The third kappa shape index (κ3) is 3.14. The molecule has 0 amide bonds. The molecule has 1 fully saturated rings. The van der Waals surface area contributed by atoms with Gasteiger partial charge in [-0.05, 0) is 23.3 Å². The first-order valence-electron chi connectivity index (χ1n) is 10.0. The summed E-state index contributed by atoms with van der Waals surface area (Å²) in [6.45, 7) is 2.83. The molecule has 4 N–H and O–H groups in total. The minimum atomic E-state index is -0.332. The molecule has 0 spiro atoms. The summed E-state index contributed by atoms with van der Waals surface area (Å²) in [6, 6.07) is 12.8. The molecule has 1 aliphatic rings. The summed E-state index contributed by atoms with van der Waals surface area (Å²) in [7, 11) is 1.70. The minimum Gasteiger partial charge on any atom is -0.383 e. The van der Waals surface area contributed by atoms with Gasteiger partial charge in [0.25, 0.3) is 0 Å². The van der Waals surface area contributed by atoms with Crippen molar-refractivity contribution in [1.82, 2.24) is 19.5 Å². The molecule has 0 bridgehead atoms. The van der Waals surface area contributed by atoms with Gasteiger partial charge in [0.05, 0.1) is 25.0 Å². The van der Waals surface area contributed by atoms with Crippen molar-refractivity contribution in [3.8, 4) is 0 Å². The van der Waals surface area contributed by atoms with Crippen LogP contribution in [-0.4, -0.2) is 51.9 Å². The number of rotatable bonds is 5. The molecule has 0 aliphatic carbocycles. The summed E-state index contributed by atoms with van der Waals surface area (Å²) in [4.78, 5) is 15.3. The van der Waals surface area contributed by atoms with E-state index in [1.165, 1.54) is 28.4 Å². The van der Waals surface area contributed by atoms with Crippen LogP contribution in [0, 0.1) is 0 Å². The molecule has 8 heteroatoms. The number of methoxy groups -OCH3 is 1. The normalized spacial score (nSPS) is 19.2. The SMILES string of the molecule is COCC1(N)CCN(c2ccc3ccccc3c2Cn2cnc3c(N)ncnc32)C1. The summed E-state index contributed by atoms with van der Waals surface area (Å²) in [5.41, 5.74) is 16.0. The average Bonchev–Trinajstić information content (AvgIpc) is 3.33. The second-order valence-electron chi connectivity index (χ2n) is 8.05. The predicted octanol–water partition coefficient (Wildman–Crippen LogP) is 2.16. The molecule has 0 saturated carbocycles. The zero-order valence-electron chi connectivity index (χ0n) is 17.0. The van der Waals surface area contributed by atoms with E-state index in [4.69, 9.17) is 16.2 Å². The second-order valence-corrected chi connectivity index (χ2v) is 8.05. The lowest BCUT2D eigenvalue weighted by molar-refractivity contribution is 0.142. The van der Waals surface area contributed by atoms with Crippen molar-refractivity contribution in [1.29, 1.82) is 0 Å². The van der Waals surface area contributed by atoms with Crippen LogP contribution in [-0.2, 0) is 11.3 Å². The van der Waals surface area contributed by atoms with Crippen molar-refractivity contribution in [3.63, 3.8) is 0 Å². The van der Waals surface area contributed by atoms with Crippen LogP contribution in [0.1, 0.15) is 12.0 Å². The van der Waals surface area contributed by atoms with Crippen LogP contribution in [0.4, 0.5) is 11.5 Å². The molecule has 0 radical (unpaired) electrons. The number of ether oxygens (including phenoxy) is 1. The Bertz CT molecular complexity index is 1220. The first kappa shape index (κ1) is 18.8. The zero-order valence-corrected chi connectivity index (χ0v) is 17.0. The van der Waals surface area contributed by atoms with Crippen molar-refractivity contribution >= 4 is 33.4 Å². The zero-order chi connectivity index (χ0) is 20.7. The molecule has 30 heavy (non-hydrogen) atoms. The highest BCUT2D eigenvalue weighted by molar-refractivity contribution is 5.91. The molecule has 4 aromatic rings. The topological polar surface area (TPSA) is 108 Å². The molecule has 1 aliphatic heterocycles. The maximum Gasteiger partial charge on any atom is 0.165 e. The molecule has 1 saturated heterocycles. The van der Waals surface area contributed by atoms with Crippen LogP contribution < -0.4 is 16.4 Å². The highest BCUT2D eigenvalue weighted by atomic mass is 16.5. The van der Waals surface area contributed by atoms with E-state index in [0.29, 0.717) is 24.5 Å². The summed E-state index contributed by atoms with van der Waals surface area (Å²) in [5, 5.41) is 2.41. The molecular formula is C22H25N7O. The van der Waals surface area contributed by atoms with Crippen LogP contribution in [0.25, 0.3) is 21.9 Å². The molecule has 1 unspecified atom stereocenters. The van der Waals surface area contributed by atoms with Gasteiger partial charge in [-0.2, -0.15) is 0 Å². The minimum absolute atomic E-state index is 0.332. The Morgan fingerprint density at radius 3 is 2.87 bits per heavy atom. The van der Waals surface area contributed by atoms with Crippen molar-refractivity contribution in [2.75, 3.05) is 37.4 Å². The smallest absolute Gasteiger partial charge is 0.165 e. The average molecular weight is 403 g/mol. The number of hydrogen-bond donors (Lipinski definition) is 2. The van der Waals surface area contributed by atoms with Crippen LogP contribution in [0.15, 0.2) is 49.1 Å². The van der Waals surface area contributed by atoms with Crippen molar-refractivity contribution < 1.29 is 4.74 Å². The van der Waals surface area contributed by atoms with Gasteiger partial charge >= 0.3 is 0 Å². The van der Waals surface area contributed by atoms with Gasteiger partial charge in [0.15, 0.2) is 11.5 Å². The molecule has 5 rings (SSSR count). The standard InChI is InChI=1S/C22H25N7O/c1-30-12-22(24)8-9-28(11-22)18-7-6-15-4-2-3-5-16(15)17(18)10-29-14-27-19-20(23)25-13-26-21(19)29/h2-7,13-14H,8-12,24H2,1H3,(H2,23,25,26). The number of anilines is 2. The number of nitrogens with zero attached hydrogens (tertiary/aromatic N) is 5. The fourth-order valence-corrected chi connectivity index (χ4v) is 4.48. The van der Waals surface area contributed by atoms with Gasteiger partial charge in [-0.15, -0.1) is 0 Å². The first-order valence-corrected chi connectivity index (χ1v) is 10.0. The van der Waals surface area contributed by atoms with E-state index >= 15 is 0 Å². The first-order chi connectivity index (χ1) is 14.6. The maximum absolute atomic E-state index is 6.57. The van der Waals surface area contributed by atoms with E-state index in [2.05, 4.69) is 56.3 Å². The van der Waals surface area contributed by atoms with Gasteiger partial charge in [0.1, 0.15) is 11.8 Å². The number of nitrogens with two attached hydrogens (primary N) is 2. The highest BCUT2D eigenvalue weighted by Crippen LogP contribution is 2.34. The molecule has 2 aromatic heterocycles. The fourth-order valence-electron chi connectivity index (χ4n) is 4.48. The molecule has 1 atom stereocenters. The number of nitrogen functional groups attached to an aromatic ring is 1. The fraction of sp³-hybridized carbons (Fsp3) is 0.318. The molecule has 8 nitrogen and oxygen atoms in total. The summed E-state index contributed by atoms with van der Waals surface area (Å²) < 4.78 is 7.40. The van der Waals surface area contributed by atoms with Crippen LogP contribution in [0.3, 0.4) is 0 Å². The summed E-state index contributed by atoms with van der Waals surface area (Å²) in [5.74, 6) is 0.393. The molecule has 3 heterocycles. The van der Waals surface area contributed by atoms with Crippen LogP contribution in [0.5, 0.6) is 0 Å². The molecular weight excluding hydrogens is 378 g/mol. The quantitative estimate of drug-likeness (QED) is 0.526. The van der Waals surface area contributed by atoms with Crippen molar-refractivity contribution in [2.45, 2.75) is 18.5 Å². The number of fused-ring (bicyclic) bond motifs is 2. The van der Waals surface area contributed by atoms with E-state index in [-0.39, 0.29) is 5.54 Å². The van der Waals surface area contributed by atoms with Gasteiger partial charge in [0.2, 0.25) is 0 Å². The largest absolute Gasteiger partial charge is 0.383 e. The van der Waals surface area contributed by atoms with Gasteiger partial charge in [-0.25, -0.2) is 15.0 Å². The van der Waals surface area contributed by atoms with E-state index in [1.54, 1.807) is 13.4 Å². The summed E-state index contributed by atoms with van der Waals surface area (Å²) >= 11 is 0. The van der Waals surface area contributed by atoms with E-state index in [1.807, 2.05) is 4.57 Å². The predicted molar refractivity (Wildman–Crippen MR) is 118 cm³/mol. The third-order valence-corrected chi connectivity index (χ3v) is 5.93. The van der Waals surface area contributed by atoms with Gasteiger partial charge in [0, 0.05) is 31.5 Å². The van der Waals surface area contributed by atoms with Crippen LogP contribution in [0.2, 0.25) is 0 Å². The van der Waals surface area contributed by atoms with Gasteiger partial charge < -0.3 is 25.7 Å². The lowest BCUT2D eigenvalue weighted by Gasteiger charge is -2.27. The highest BCUT2D eigenvalue weighted by Gasteiger charge is 2.35. The Kier molecular flexibility index (Phi) is 4.52. The Hall–Kier alpha value is -3.23. The molecule has 2 aromatic carbocycles. The Morgan fingerprint density at radius 1 is 1.13 bits per heavy atom. The van der Waals surface area contributed by atoms with Gasteiger partial charge in [-0.3, -0.25) is 0 Å². The lowest BCUT2D eigenvalue weighted by Crippen LogP contribution is -2.46. The van der Waals surface area contributed by atoms with Crippen LogP contribution >= 0.6 is 0 Å². The van der Waals surface area contributed by atoms with E-state index < -0.39 is 0 Å². The monoisotopic (exact) mass is 403 g/mol. The third-order valence-electron chi connectivity index (χ3n) is 5.93. The number of benzene rings is 2. The number of imidazole rings is 1. The Morgan fingerprint density at radius 2 is 2.00 bits per heavy atom. The number of aromatic nitrogens is 4. The van der Waals surface area contributed by atoms with E-state index in [0.717, 1.165) is 25.2 Å². The Balaban J connectivity index is 1.61.